The van der Waals surface area contributed by atoms with E-state index in [2.05, 4.69) is 44.3 Å². The van der Waals surface area contributed by atoms with Gasteiger partial charge >= 0.3 is 0 Å². The summed E-state index contributed by atoms with van der Waals surface area (Å²) in [6.07, 6.45) is 2.86. The van der Waals surface area contributed by atoms with Crippen LogP contribution in [0.2, 0.25) is 0 Å². The van der Waals surface area contributed by atoms with Gasteiger partial charge in [-0.25, -0.2) is 0 Å². The Morgan fingerprint density at radius 3 is 2.61 bits per heavy atom. The number of carbonyl (C=O) groups excluding carboxylic acids is 2. The van der Waals surface area contributed by atoms with E-state index < -0.39 is 0 Å². The maximum Gasteiger partial charge on any atom is 0.265 e. The summed E-state index contributed by atoms with van der Waals surface area (Å²) in [5.74, 6) is 0.701. The molecule has 5 heteroatoms. The lowest BCUT2D eigenvalue weighted by atomic mass is 9.86. The van der Waals surface area contributed by atoms with Gasteiger partial charge in [0.25, 0.3) is 5.91 Å². The van der Waals surface area contributed by atoms with Crippen LogP contribution in [0.25, 0.3) is 0 Å². The van der Waals surface area contributed by atoms with Crippen molar-refractivity contribution in [2.75, 3.05) is 18.1 Å². The molecule has 1 atom stereocenters. The zero-order valence-electron chi connectivity index (χ0n) is 19.1. The first-order valence-electron chi connectivity index (χ1n) is 11.1. The first-order valence-corrected chi connectivity index (χ1v) is 11.1. The Morgan fingerprint density at radius 1 is 1.16 bits per heavy atom. The van der Waals surface area contributed by atoms with Crippen LogP contribution in [-0.4, -0.2) is 31.0 Å². The van der Waals surface area contributed by atoms with E-state index in [1.807, 2.05) is 37.3 Å². The van der Waals surface area contributed by atoms with Gasteiger partial charge in [-0.2, -0.15) is 0 Å². The number of hydrogen-bond acceptors (Lipinski definition) is 3. The van der Waals surface area contributed by atoms with Gasteiger partial charge in [-0.15, -0.1) is 0 Å². The molecule has 1 aliphatic rings. The van der Waals surface area contributed by atoms with Gasteiger partial charge in [-0.05, 0) is 54.9 Å². The molecule has 0 fully saturated rings. The van der Waals surface area contributed by atoms with Gasteiger partial charge < -0.3 is 15.0 Å². The number of benzene rings is 2. The third kappa shape index (κ3) is 6.33. The lowest BCUT2D eigenvalue weighted by Crippen LogP contribution is -2.40. The van der Waals surface area contributed by atoms with E-state index >= 15 is 0 Å². The van der Waals surface area contributed by atoms with Gasteiger partial charge in [-0.3, -0.25) is 9.59 Å². The highest BCUT2D eigenvalue weighted by atomic mass is 16.5. The topological polar surface area (TPSA) is 58.6 Å². The summed E-state index contributed by atoms with van der Waals surface area (Å²) in [5, 5.41) is 3.08. The second kappa shape index (κ2) is 9.99. The van der Waals surface area contributed by atoms with Gasteiger partial charge in [-0.1, -0.05) is 57.2 Å². The molecule has 1 heterocycles. The summed E-state index contributed by atoms with van der Waals surface area (Å²) in [6.45, 7) is 9.03. The highest BCUT2D eigenvalue weighted by Gasteiger charge is 2.27. The van der Waals surface area contributed by atoms with Crippen molar-refractivity contribution in [2.24, 2.45) is 0 Å². The van der Waals surface area contributed by atoms with E-state index in [1.54, 1.807) is 4.90 Å². The number of aryl methyl sites for hydroxylation is 1. The summed E-state index contributed by atoms with van der Waals surface area (Å²) in [6, 6.07) is 16.4. The van der Waals surface area contributed by atoms with Crippen molar-refractivity contribution in [2.45, 2.75) is 64.8 Å². The van der Waals surface area contributed by atoms with Crippen LogP contribution in [0.5, 0.6) is 5.75 Å². The molecule has 3 rings (SSSR count). The van der Waals surface area contributed by atoms with Crippen LogP contribution < -0.4 is 15.0 Å². The summed E-state index contributed by atoms with van der Waals surface area (Å²) in [4.78, 5) is 26.6. The molecule has 0 spiro atoms. The number of amides is 2. The Labute approximate surface area is 185 Å². The van der Waals surface area contributed by atoms with Crippen molar-refractivity contribution in [3.8, 4) is 5.75 Å². The average molecular weight is 423 g/mol. The predicted molar refractivity (Wildman–Crippen MR) is 125 cm³/mol. The molecule has 2 amide bonds. The fourth-order valence-electron chi connectivity index (χ4n) is 3.76. The molecule has 0 saturated carbocycles. The molecule has 0 aliphatic carbocycles. The molecular formula is C26H34N2O3. The molecule has 0 aromatic heterocycles. The van der Waals surface area contributed by atoms with E-state index in [0.717, 1.165) is 29.8 Å². The molecule has 2 aromatic carbocycles. The van der Waals surface area contributed by atoms with Gasteiger partial charge in [0.1, 0.15) is 5.75 Å². The highest BCUT2D eigenvalue weighted by molar-refractivity contribution is 5.98. The lowest BCUT2D eigenvalue weighted by molar-refractivity contribution is -0.123. The fourth-order valence-corrected chi connectivity index (χ4v) is 3.76. The number of nitrogens with one attached hydrogen (secondary N) is 1. The van der Waals surface area contributed by atoms with E-state index in [-0.39, 0.29) is 29.9 Å². The van der Waals surface area contributed by atoms with E-state index in [0.29, 0.717) is 19.4 Å². The zero-order valence-corrected chi connectivity index (χ0v) is 19.1. The summed E-state index contributed by atoms with van der Waals surface area (Å²) in [7, 11) is 0. The molecule has 31 heavy (non-hydrogen) atoms. The van der Waals surface area contributed by atoms with Crippen LogP contribution in [0.3, 0.4) is 0 Å². The number of carbonyl (C=O) groups is 2. The van der Waals surface area contributed by atoms with Crippen LogP contribution in [0, 0.1) is 0 Å². The smallest absolute Gasteiger partial charge is 0.265 e. The minimum Gasteiger partial charge on any atom is -0.482 e. The van der Waals surface area contributed by atoms with Gasteiger partial charge in [0.05, 0.1) is 5.69 Å². The molecule has 0 radical (unpaired) electrons. The Balaban J connectivity index is 1.51. The molecule has 0 bridgehead atoms. The van der Waals surface area contributed by atoms with Crippen molar-refractivity contribution in [1.82, 2.24) is 5.32 Å². The first kappa shape index (κ1) is 22.9. The highest BCUT2D eigenvalue weighted by Crippen LogP contribution is 2.36. The second-order valence-corrected chi connectivity index (χ2v) is 9.36. The zero-order chi connectivity index (χ0) is 22.4. The van der Waals surface area contributed by atoms with Gasteiger partial charge in [0.15, 0.2) is 6.61 Å². The van der Waals surface area contributed by atoms with Crippen molar-refractivity contribution in [3.63, 3.8) is 0 Å². The van der Waals surface area contributed by atoms with Crippen LogP contribution in [0.15, 0.2) is 48.5 Å². The fraction of sp³-hybridized carbons (Fsp3) is 0.462. The van der Waals surface area contributed by atoms with Crippen molar-refractivity contribution >= 4 is 17.5 Å². The van der Waals surface area contributed by atoms with Crippen molar-refractivity contribution < 1.29 is 14.3 Å². The second-order valence-electron chi connectivity index (χ2n) is 9.36. The molecule has 0 unspecified atom stereocenters. The van der Waals surface area contributed by atoms with E-state index in [9.17, 15) is 9.59 Å². The third-order valence-corrected chi connectivity index (χ3v) is 5.67. The number of rotatable bonds is 8. The van der Waals surface area contributed by atoms with E-state index in [4.69, 9.17) is 4.74 Å². The number of nitrogens with zero attached hydrogens (tertiary/aromatic N) is 1. The molecule has 1 aliphatic heterocycles. The summed E-state index contributed by atoms with van der Waals surface area (Å²) in [5.41, 5.74) is 3.22. The largest absolute Gasteiger partial charge is 0.482 e. The molecule has 2 aromatic rings. The Bertz CT molecular complexity index is 903. The minimum absolute atomic E-state index is 0.0169. The molecule has 1 N–H and O–H groups in total. The van der Waals surface area contributed by atoms with Crippen molar-refractivity contribution in [3.05, 3.63) is 59.7 Å². The summed E-state index contributed by atoms with van der Waals surface area (Å²) >= 11 is 0. The normalized spacial score (nSPS) is 14.6. The number of hydrogen-bond donors (Lipinski definition) is 1. The Hall–Kier alpha value is -2.82. The van der Waals surface area contributed by atoms with Crippen LogP contribution in [0.4, 0.5) is 5.69 Å². The van der Waals surface area contributed by atoms with Gasteiger partial charge in [0.2, 0.25) is 5.91 Å². The standard InChI is InChI=1S/C26H34N2O3/c1-19(12-13-20-9-6-5-7-10-20)27-24(29)11-8-16-28-22-17-21(26(2,3)4)14-15-23(22)31-18-25(28)30/h5-7,9-10,14-15,17,19H,8,11-13,16,18H2,1-4H3,(H,27,29)/t19-/m0/s1. The summed E-state index contributed by atoms with van der Waals surface area (Å²) < 4.78 is 5.61. The van der Waals surface area contributed by atoms with E-state index in [1.165, 1.54) is 5.56 Å². The van der Waals surface area contributed by atoms with Crippen LogP contribution in [0.1, 0.15) is 58.1 Å². The van der Waals surface area contributed by atoms with Crippen LogP contribution >= 0.6 is 0 Å². The SMILES string of the molecule is C[C@@H](CCc1ccccc1)NC(=O)CCCN1C(=O)COc2ccc(C(C)(C)C)cc21. The Kier molecular flexibility index (Phi) is 7.37. The number of anilines is 1. The maximum atomic E-state index is 12.5. The third-order valence-electron chi connectivity index (χ3n) is 5.67. The predicted octanol–water partition coefficient (Wildman–Crippen LogP) is 4.63. The molecule has 166 valence electrons. The quantitative estimate of drug-likeness (QED) is 0.675. The minimum atomic E-state index is -0.0600. The maximum absolute atomic E-state index is 12.5. The molecular weight excluding hydrogens is 388 g/mol. The number of ether oxygens (including phenoxy) is 1. The van der Waals surface area contributed by atoms with Crippen molar-refractivity contribution in [1.29, 1.82) is 0 Å². The molecule has 5 nitrogen and oxygen atoms in total. The number of fused-ring (bicyclic) bond motifs is 1. The average Bonchev–Trinajstić information content (AvgIpc) is 2.73. The first-order chi connectivity index (χ1) is 14.7. The Morgan fingerprint density at radius 2 is 1.90 bits per heavy atom. The van der Waals surface area contributed by atoms with Crippen LogP contribution in [-0.2, 0) is 21.4 Å². The monoisotopic (exact) mass is 422 g/mol. The molecule has 0 saturated heterocycles. The lowest BCUT2D eigenvalue weighted by Gasteiger charge is -2.31. The van der Waals surface area contributed by atoms with Gasteiger partial charge in [0, 0.05) is 19.0 Å².